The number of ether oxygens (including phenoxy) is 1. The molecule has 0 radical (unpaired) electrons. The van der Waals surface area contributed by atoms with Gasteiger partial charge in [0.25, 0.3) is 11.8 Å². The zero-order valence-electron chi connectivity index (χ0n) is 12.1. The van der Waals surface area contributed by atoms with Gasteiger partial charge in [0, 0.05) is 9.75 Å². The Morgan fingerprint density at radius 2 is 1.95 bits per heavy atom. The number of nitrogens with one attached hydrogen (secondary N) is 2. The van der Waals surface area contributed by atoms with Gasteiger partial charge in [0.2, 0.25) is 0 Å². The van der Waals surface area contributed by atoms with Gasteiger partial charge in [0.05, 0.1) is 10.6 Å². The fraction of sp³-hybridized carbons (Fsp3) is 0.200. The lowest BCUT2D eigenvalue weighted by Gasteiger charge is -2.09. The monoisotopic (exact) mass is 338 g/mol. The molecule has 0 aliphatic heterocycles. The second-order valence-electron chi connectivity index (χ2n) is 4.55. The number of aryl methyl sites for hydroxylation is 2. The lowest BCUT2D eigenvalue weighted by molar-refractivity contribution is -0.123. The number of hydrogen-bond acceptors (Lipinski definition) is 4. The van der Waals surface area contributed by atoms with E-state index in [0.717, 1.165) is 9.75 Å². The number of hydrogen-bond donors (Lipinski definition) is 2. The first-order valence-electron chi connectivity index (χ1n) is 6.51. The van der Waals surface area contributed by atoms with Crippen LogP contribution in [0.2, 0.25) is 5.02 Å². The average molecular weight is 339 g/mol. The Balaban J connectivity index is 1.82. The van der Waals surface area contributed by atoms with Crippen LogP contribution in [0.5, 0.6) is 5.75 Å². The van der Waals surface area contributed by atoms with Crippen LogP contribution in [0.15, 0.2) is 30.3 Å². The Bertz CT molecular complexity index is 700. The van der Waals surface area contributed by atoms with Crippen molar-refractivity contribution in [3.63, 3.8) is 0 Å². The van der Waals surface area contributed by atoms with Gasteiger partial charge in [0.15, 0.2) is 6.61 Å². The van der Waals surface area contributed by atoms with E-state index in [4.69, 9.17) is 16.3 Å². The maximum atomic E-state index is 11.9. The van der Waals surface area contributed by atoms with Crippen LogP contribution in [-0.4, -0.2) is 18.4 Å². The Labute approximate surface area is 137 Å². The molecular formula is C15H15ClN2O3S. The molecule has 1 heterocycles. The van der Waals surface area contributed by atoms with Crippen LogP contribution >= 0.6 is 22.9 Å². The van der Waals surface area contributed by atoms with Gasteiger partial charge in [-0.1, -0.05) is 23.7 Å². The summed E-state index contributed by atoms with van der Waals surface area (Å²) in [4.78, 5) is 25.5. The van der Waals surface area contributed by atoms with Crippen molar-refractivity contribution < 1.29 is 14.3 Å². The topological polar surface area (TPSA) is 67.4 Å². The fourth-order valence-corrected chi connectivity index (χ4v) is 2.90. The zero-order valence-corrected chi connectivity index (χ0v) is 13.7. The van der Waals surface area contributed by atoms with Crippen molar-refractivity contribution in [1.29, 1.82) is 0 Å². The summed E-state index contributed by atoms with van der Waals surface area (Å²) < 4.78 is 5.27. The first kappa shape index (κ1) is 16.3. The maximum absolute atomic E-state index is 11.9. The van der Waals surface area contributed by atoms with Crippen molar-refractivity contribution in [3.8, 4) is 5.75 Å². The van der Waals surface area contributed by atoms with Gasteiger partial charge >= 0.3 is 0 Å². The molecule has 0 aliphatic carbocycles. The Morgan fingerprint density at radius 3 is 2.59 bits per heavy atom. The molecule has 2 N–H and O–H groups in total. The largest absolute Gasteiger partial charge is 0.482 e. The molecule has 116 valence electrons. The SMILES string of the molecule is Cc1cc(C(=O)NNC(=O)COc2ccccc2Cl)c(C)s1. The van der Waals surface area contributed by atoms with Crippen LogP contribution in [0.1, 0.15) is 20.1 Å². The molecule has 2 amide bonds. The summed E-state index contributed by atoms with van der Waals surface area (Å²) in [6.45, 7) is 3.53. The van der Waals surface area contributed by atoms with E-state index in [2.05, 4.69) is 10.9 Å². The van der Waals surface area contributed by atoms with Gasteiger partial charge in [-0.25, -0.2) is 0 Å². The summed E-state index contributed by atoms with van der Waals surface area (Å²) in [5.41, 5.74) is 5.21. The normalized spacial score (nSPS) is 10.1. The van der Waals surface area contributed by atoms with Crippen LogP contribution in [0.3, 0.4) is 0 Å². The van der Waals surface area contributed by atoms with Crippen molar-refractivity contribution in [2.45, 2.75) is 13.8 Å². The maximum Gasteiger partial charge on any atom is 0.276 e. The quantitative estimate of drug-likeness (QED) is 0.842. The highest BCUT2D eigenvalue weighted by atomic mass is 35.5. The van der Waals surface area contributed by atoms with E-state index in [1.54, 1.807) is 30.3 Å². The van der Waals surface area contributed by atoms with Crippen LogP contribution in [0.4, 0.5) is 0 Å². The van der Waals surface area contributed by atoms with Crippen molar-refractivity contribution in [2.75, 3.05) is 6.61 Å². The van der Waals surface area contributed by atoms with Crippen molar-refractivity contribution in [2.24, 2.45) is 0 Å². The predicted octanol–water partition coefficient (Wildman–Crippen LogP) is 2.86. The molecule has 2 rings (SSSR count). The smallest absolute Gasteiger partial charge is 0.276 e. The third-order valence-corrected chi connectivity index (χ3v) is 4.07. The lowest BCUT2D eigenvalue weighted by atomic mass is 10.2. The third-order valence-electron chi connectivity index (χ3n) is 2.80. The molecule has 0 unspecified atom stereocenters. The van der Waals surface area contributed by atoms with Gasteiger partial charge < -0.3 is 4.74 Å². The van der Waals surface area contributed by atoms with E-state index >= 15 is 0 Å². The molecule has 2 aromatic rings. The molecule has 22 heavy (non-hydrogen) atoms. The van der Waals surface area contributed by atoms with Gasteiger partial charge in [-0.05, 0) is 32.0 Å². The van der Waals surface area contributed by atoms with E-state index < -0.39 is 5.91 Å². The van der Waals surface area contributed by atoms with Gasteiger partial charge in [-0.2, -0.15) is 0 Å². The number of amides is 2. The molecule has 0 aliphatic rings. The zero-order chi connectivity index (χ0) is 16.1. The molecule has 7 heteroatoms. The molecule has 0 bridgehead atoms. The number of carbonyl (C=O) groups is 2. The second-order valence-corrected chi connectivity index (χ2v) is 6.42. The summed E-state index contributed by atoms with van der Waals surface area (Å²) in [7, 11) is 0. The van der Waals surface area contributed by atoms with Gasteiger partial charge in [0.1, 0.15) is 5.75 Å². The Kier molecular flexibility index (Phi) is 5.41. The van der Waals surface area contributed by atoms with Crippen LogP contribution in [-0.2, 0) is 4.79 Å². The van der Waals surface area contributed by atoms with Crippen molar-refractivity contribution in [3.05, 3.63) is 50.7 Å². The standard InChI is InChI=1S/C15H15ClN2O3S/c1-9-7-11(10(2)22-9)15(20)18-17-14(19)8-21-13-6-4-3-5-12(13)16/h3-7H,8H2,1-2H3,(H,17,19)(H,18,20). The average Bonchev–Trinajstić information content (AvgIpc) is 2.82. The lowest BCUT2D eigenvalue weighted by Crippen LogP contribution is -2.43. The highest BCUT2D eigenvalue weighted by Crippen LogP contribution is 2.22. The van der Waals surface area contributed by atoms with Gasteiger partial charge in [-0.3, -0.25) is 20.4 Å². The summed E-state index contributed by atoms with van der Waals surface area (Å²) in [5.74, 6) is -0.416. The molecule has 1 aromatic carbocycles. The van der Waals surface area contributed by atoms with E-state index in [1.165, 1.54) is 11.3 Å². The second kappa shape index (κ2) is 7.29. The number of para-hydroxylation sites is 1. The minimum absolute atomic E-state index is 0.244. The molecule has 0 fully saturated rings. The molecule has 0 atom stereocenters. The number of rotatable bonds is 4. The minimum atomic E-state index is -0.474. The third kappa shape index (κ3) is 4.22. The van der Waals surface area contributed by atoms with Crippen molar-refractivity contribution in [1.82, 2.24) is 10.9 Å². The number of thiophene rings is 1. The van der Waals surface area contributed by atoms with E-state index in [0.29, 0.717) is 16.3 Å². The highest BCUT2D eigenvalue weighted by Gasteiger charge is 2.13. The van der Waals surface area contributed by atoms with E-state index in [1.807, 2.05) is 13.8 Å². The number of carbonyl (C=O) groups excluding carboxylic acids is 2. The summed E-state index contributed by atoms with van der Waals surface area (Å²) in [6.07, 6.45) is 0. The van der Waals surface area contributed by atoms with Crippen LogP contribution in [0.25, 0.3) is 0 Å². The fourth-order valence-electron chi connectivity index (χ4n) is 1.79. The predicted molar refractivity (Wildman–Crippen MR) is 86.3 cm³/mol. The van der Waals surface area contributed by atoms with Gasteiger partial charge in [-0.15, -0.1) is 11.3 Å². The van der Waals surface area contributed by atoms with Crippen LogP contribution in [0, 0.1) is 13.8 Å². The van der Waals surface area contributed by atoms with Crippen LogP contribution < -0.4 is 15.6 Å². The Hall–Kier alpha value is -2.05. The van der Waals surface area contributed by atoms with E-state index in [9.17, 15) is 9.59 Å². The molecule has 1 aromatic heterocycles. The minimum Gasteiger partial charge on any atom is -0.482 e. The first-order valence-corrected chi connectivity index (χ1v) is 7.70. The summed E-state index contributed by atoms with van der Waals surface area (Å²) in [5, 5.41) is 0.420. The Morgan fingerprint density at radius 1 is 1.23 bits per heavy atom. The first-order chi connectivity index (χ1) is 10.5. The molecule has 5 nitrogen and oxygen atoms in total. The summed E-state index contributed by atoms with van der Waals surface area (Å²) >= 11 is 7.44. The van der Waals surface area contributed by atoms with Crippen molar-refractivity contribution >= 4 is 34.8 Å². The molecule has 0 saturated heterocycles. The number of hydrazine groups is 1. The summed E-state index contributed by atoms with van der Waals surface area (Å²) in [6, 6.07) is 8.62. The number of halogens is 1. The molecule has 0 spiro atoms. The van der Waals surface area contributed by atoms with E-state index in [-0.39, 0.29) is 12.5 Å². The highest BCUT2D eigenvalue weighted by molar-refractivity contribution is 7.12. The number of benzene rings is 1. The molecular weight excluding hydrogens is 324 g/mol. The molecule has 0 saturated carbocycles.